The van der Waals surface area contributed by atoms with Gasteiger partial charge in [0.25, 0.3) is 0 Å². The zero-order chi connectivity index (χ0) is 18.0. The Kier molecular flexibility index (Phi) is 45.6. The molecule has 0 bridgehead atoms. The molecular weight excluding hydrogens is 1060 g/mol. The third kappa shape index (κ3) is 557. The zero-order valence-electron chi connectivity index (χ0n) is 9.55. The fourth-order valence-corrected chi connectivity index (χ4v) is 0. The van der Waals surface area contributed by atoms with E-state index in [1.54, 1.807) is 0 Å². The van der Waals surface area contributed by atoms with Crippen molar-refractivity contribution in [3.8, 4) is 0 Å². The molecule has 0 aromatic rings. The summed E-state index contributed by atoms with van der Waals surface area (Å²) in [7, 11) is 0. The van der Waals surface area contributed by atoms with Crippen molar-refractivity contribution in [3.05, 3.63) is 0 Å². The Morgan fingerprint density at radius 2 is 0.391 bits per heavy atom. The third-order valence-corrected chi connectivity index (χ3v) is 0. The molecule has 0 aromatic carbocycles. The van der Waals surface area contributed by atoms with Gasteiger partial charge in [0, 0.05) is 0 Å². The molecule has 0 spiro atoms. The van der Waals surface area contributed by atoms with Gasteiger partial charge in [-0.3, -0.25) is 0 Å². The number of rotatable bonds is 0. The van der Waals surface area contributed by atoms with Crippen molar-refractivity contribution in [2.45, 2.75) is 0 Å². The van der Waals surface area contributed by atoms with E-state index in [1.807, 2.05) is 0 Å². The van der Waals surface area contributed by atoms with Crippen molar-refractivity contribution in [2.75, 3.05) is 0 Å². The second-order valence-corrected chi connectivity index (χ2v) is 19.7. The van der Waals surface area contributed by atoms with E-state index in [4.69, 9.17) is 0 Å². The Bertz CT molecular complexity index is 308. The summed E-state index contributed by atoms with van der Waals surface area (Å²) in [5.74, 6) is 0. The first-order valence-electron chi connectivity index (χ1n) is 2.92. The minimum Gasteiger partial charge on any atom is -0.850 e. The van der Waals surface area contributed by atoms with Gasteiger partial charge >= 0.3 is 63.2 Å². The van der Waals surface area contributed by atoms with Gasteiger partial charge in [-0.25, -0.2) is 0 Å². The van der Waals surface area contributed by atoms with Crippen LogP contribution in [0.15, 0.2) is 0 Å². The number of hydrogen-bond acceptors (Lipinski definition) is 16. The summed E-state index contributed by atoms with van der Waals surface area (Å²) in [6.07, 6.45) is 0. The molecule has 0 saturated carbocycles. The molecule has 0 fully saturated rings. The first-order chi connectivity index (χ1) is 8.00. The first-order valence-corrected chi connectivity index (χ1v) is 17.5. The van der Waals surface area contributed by atoms with E-state index in [2.05, 4.69) is 96.2 Å². The van der Waals surface area contributed by atoms with Crippen LogP contribution in [0.3, 0.4) is 0 Å². The molecule has 0 rings (SSSR count). The topological polar surface area (TPSA) is 184 Å². The fraction of sp³-hybridized carbons (Fsp3) is 0. The van der Waals surface area contributed by atoms with Crippen LogP contribution in [0.4, 0.5) is 0 Å². The van der Waals surface area contributed by atoms with Crippen LogP contribution in [0.25, 0.3) is 0 Å². The molecule has 0 aromatic heterocycles. The summed E-state index contributed by atoms with van der Waals surface area (Å²) in [4.78, 5) is 74.3. The maximum atomic E-state index is 9.29. The van der Waals surface area contributed by atoms with E-state index in [0.29, 0.717) is 0 Å². The molecule has 0 aliphatic heterocycles. The van der Waals surface area contributed by atoms with E-state index >= 15 is 0 Å². The normalized spacial score (nSPS) is 10.3. The van der Waals surface area contributed by atoms with Crippen LogP contribution in [-0.4, -0.2) is 0 Å². The van der Waals surface area contributed by atoms with Crippen molar-refractivity contribution in [3.63, 3.8) is 0 Å². The zero-order valence-corrected chi connectivity index (χ0v) is 28.5. The quantitative estimate of drug-likeness (QED) is 0.165. The molecule has 0 unspecified atom stereocenters. The Morgan fingerprint density at radius 3 is 0.391 bits per heavy atom. The molecule has 0 aliphatic carbocycles. The van der Waals surface area contributed by atoms with Crippen LogP contribution >= 0.6 is 22.8 Å². The fourth-order valence-electron chi connectivity index (χ4n) is 0. The average Bonchev–Trinajstić information content (AvgIpc) is 1.62. The Balaban J connectivity index is -0.0000000284. The molecule has 8 nitrogen and oxygen atoms in total. The van der Waals surface area contributed by atoms with Crippen LogP contribution in [-0.2, 0) is 159 Å². The van der Waals surface area contributed by atoms with E-state index < -0.39 is 22.8 Å². The molecule has 0 heterocycles. The SMILES string of the molecule is [O-]P([O-])(=S)[S-].[O-]P([O-])(=S)[S-].[O-]P([O-])(=S)[S-].[O-]P([O-])(=S)[S-].[W+4].[W+4].[W+4]. The summed E-state index contributed by atoms with van der Waals surface area (Å²) in [6, 6.07) is 0. The molecule has 23 heteroatoms. The molecule has 0 radical (unpaired) electrons. The molecule has 23 heavy (non-hydrogen) atoms. The molecule has 0 saturated heterocycles. The smallest absolute Gasteiger partial charge is 0.850 e. The summed E-state index contributed by atoms with van der Waals surface area (Å²) < 4.78 is 0. The van der Waals surface area contributed by atoms with E-state index in [-0.39, 0.29) is 63.2 Å². The van der Waals surface area contributed by atoms with Crippen molar-refractivity contribution in [2.24, 2.45) is 0 Å². The Labute approximate surface area is 218 Å². The minimum atomic E-state index is -3.72. The van der Waals surface area contributed by atoms with Gasteiger partial charge in [-0.1, -0.05) is 0 Å². The summed E-state index contributed by atoms with van der Waals surface area (Å²) in [6.45, 7) is 0. The van der Waals surface area contributed by atoms with E-state index in [0.717, 1.165) is 0 Å². The van der Waals surface area contributed by atoms with Crippen LogP contribution in [0.1, 0.15) is 0 Å². The second kappa shape index (κ2) is 22.4. The van der Waals surface area contributed by atoms with E-state index in [1.165, 1.54) is 0 Å². The summed E-state index contributed by atoms with van der Waals surface area (Å²) >= 11 is 29.1. The second-order valence-electron chi connectivity index (χ2n) is 1.79. The molecule has 0 N–H and O–H groups in total. The van der Waals surface area contributed by atoms with Crippen LogP contribution < -0.4 is 39.1 Å². The van der Waals surface area contributed by atoms with Gasteiger partial charge < -0.3 is 111 Å². The predicted molar refractivity (Wildman–Crippen MR) is 86.6 cm³/mol. The summed E-state index contributed by atoms with van der Waals surface area (Å²) in [5, 5.41) is 0. The van der Waals surface area contributed by atoms with Crippen molar-refractivity contribution < 1.29 is 102 Å². The standard InChI is InChI=1S/4H3O2PS2.3W/c4*1-3(2,4)5;;;/h4*(H3,1,2,4,5);;;/q;;;;3*+4/p-12. The van der Waals surface area contributed by atoms with Gasteiger partial charge in [0.05, 0.1) is 0 Å². The molecule has 0 atom stereocenters. The molecule has 0 aliphatic rings. The van der Waals surface area contributed by atoms with Crippen LogP contribution in [0.5, 0.6) is 0 Å². The monoisotopic (exact) mass is 1060 g/mol. The van der Waals surface area contributed by atoms with Crippen LogP contribution in [0.2, 0.25) is 0 Å². The minimum absolute atomic E-state index is 0. The van der Waals surface area contributed by atoms with Gasteiger partial charge in [0.15, 0.2) is 0 Å². The van der Waals surface area contributed by atoms with Gasteiger partial charge in [-0.05, 0) is 0 Å². The maximum Gasteiger partial charge on any atom is 4.00 e. The van der Waals surface area contributed by atoms with Gasteiger partial charge in [0.2, 0.25) is 0 Å². The maximum absolute atomic E-state index is 9.29. The third-order valence-electron chi connectivity index (χ3n) is 0. The Hall–Kier alpha value is 5.74. The molecular formula is O8P4S8W3. The molecule has 0 amide bonds. The van der Waals surface area contributed by atoms with Crippen molar-refractivity contribution >= 4 is 119 Å². The predicted octanol–water partition coefficient (Wildman–Crippen LogP) is -6.09. The van der Waals surface area contributed by atoms with Gasteiger partial charge in [0.1, 0.15) is 0 Å². The van der Waals surface area contributed by atoms with Crippen molar-refractivity contribution in [1.82, 2.24) is 0 Å². The largest absolute Gasteiger partial charge is 4.00 e. The molecule has 134 valence electrons. The van der Waals surface area contributed by atoms with Crippen LogP contribution in [0, 0.1) is 0 Å². The number of hydrogen-bond donors (Lipinski definition) is 0. The van der Waals surface area contributed by atoms with Crippen molar-refractivity contribution in [1.29, 1.82) is 0 Å². The first kappa shape index (κ1) is 46.8. The summed E-state index contributed by atoms with van der Waals surface area (Å²) in [5.41, 5.74) is -14.9. The van der Waals surface area contributed by atoms with E-state index in [9.17, 15) is 39.1 Å². The van der Waals surface area contributed by atoms with Gasteiger partial charge in [-0.2, -0.15) is 47.2 Å². The van der Waals surface area contributed by atoms with Gasteiger partial charge in [-0.15, -0.1) is 0 Å². The Morgan fingerprint density at radius 1 is 0.391 bits per heavy atom. The average molecular weight is 1060 g/mol.